The average molecular weight is 413 g/mol. The largest absolute Gasteiger partial charge is 0.332 e. The number of hydrogen-bond donors (Lipinski definition) is 2. The lowest BCUT2D eigenvalue weighted by Crippen LogP contribution is -2.18. The molecule has 8 heteroatoms. The van der Waals surface area contributed by atoms with E-state index in [1.165, 1.54) is 11.3 Å². The summed E-state index contributed by atoms with van der Waals surface area (Å²) in [6.45, 7) is 0. The van der Waals surface area contributed by atoms with E-state index in [1.807, 2.05) is 47.8 Å². The van der Waals surface area contributed by atoms with Gasteiger partial charge >= 0.3 is 0 Å². The molecule has 0 aliphatic heterocycles. The first-order chi connectivity index (χ1) is 12.0. The van der Waals surface area contributed by atoms with Crippen LogP contribution in [0.15, 0.2) is 53.9 Å². The van der Waals surface area contributed by atoms with E-state index in [0.717, 1.165) is 22.1 Å². The fraction of sp³-hybridized carbons (Fsp3) is 0.0588. The maximum absolute atomic E-state index is 11.6. The van der Waals surface area contributed by atoms with Gasteiger partial charge in [-0.2, -0.15) is 0 Å². The second kappa shape index (κ2) is 8.06. The van der Waals surface area contributed by atoms with Crippen LogP contribution in [0.3, 0.4) is 0 Å². The Balaban J connectivity index is 1.75. The molecular formula is C17H12Cl3N3OS. The first-order valence-corrected chi connectivity index (χ1v) is 9.32. The third-order valence-electron chi connectivity index (χ3n) is 3.22. The summed E-state index contributed by atoms with van der Waals surface area (Å²) in [5, 5.41) is 9.25. The number of nitrogens with zero attached hydrogens (tertiary/aromatic N) is 1. The summed E-state index contributed by atoms with van der Waals surface area (Å²) in [5.74, 6) is -0.469. The third kappa shape index (κ3) is 4.86. The molecule has 1 heterocycles. The second-order valence-corrected chi connectivity index (χ2v) is 7.43. The number of carbonyl (C=O) groups is 1. The highest BCUT2D eigenvalue weighted by molar-refractivity contribution is 7.14. The van der Waals surface area contributed by atoms with E-state index in [0.29, 0.717) is 10.7 Å². The predicted molar refractivity (Wildman–Crippen MR) is 106 cm³/mol. The fourth-order valence-electron chi connectivity index (χ4n) is 2.07. The van der Waals surface area contributed by atoms with Gasteiger partial charge in [0.25, 0.3) is 5.91 Å². The lowest BCUT2D eigenvalue weighted by molar-refractivity contribution is -0.114. The smallest absolute Gasteiger partial charge is 0.257 e. The molecule has 128 valence electrons. The highest BCUT2D eigenvalue weighted by atomic mass is 35.5. The molecule has 0 radical (unpaired) electrons. The minimum Gasteiger partial charge on any atom is -0.332 e. The van der Waals surface area contributed by atoms with E-state index in [9.17, 15) is 4.79 Å². The number of alkyl halides is 2. The lowest BCUT2D eigenvalue weighted by atomic mass is 10.1. The van der Waals surface area contributed by atoms with Crippen molar-refractivity contribution in [2.45, 2.75) is 4.84 Å². The van der Waals surface area contributed by atoms with Crippen LogP contribution < -0.4 is 10.6 Å². The molecule has 2 N–H and O–H groups in total. The highest BCUT2D eigenvalue weighted by Gasteiger charge is 2.12. The van der Waals surface area contributed by atoms with Crippen LogP contribution in [0.25, 0.3) is 11.3 Å². The van der Waals surface area contributed by atoms with Gasteiger partial charge in [-0.3, -0.25) is 4.79 Å². The van der Waals surface area contributed by atoms with Crippen LogP contribution in [0.2, 0.25) is 5.02 Å². The van der Waals surface area contributed by atoms with E-state index in [4.69, 9.17) is 34.8 Å². The first-order valence-electron chi connectivity index (χ1n) is 7.19. The molecule has 0 fully saturated rings. The Morgan fingerprint density at radius 1 is 1.08 bits per heavy atom. The van der Waals surface area contributed by atoms with Crippen molar-refractivity contribution in [1.29, 1.82) is 0 Å². The van der Waals surface area contributed by atoms with Crippen LogP contribution in [-0.2, 0) is 4.79 Å². The van der Waals surface area contributed by atoms with Crippen LogP contribution in [0.5, 0.6) is 0 Å². The molecule has 1 amide bonds. The predicted octanol–water partition coefficient (Wildman–Crippen LogP) is 5.95. The first kappa shape index (κ1) is 18.0. The Hall–Kier alpha value is -1.79. The Bertz CT molecular complexity index is 881. The van der Waals surface area contributed by atoms with Gasteiger partial charge in [0.2, 0.25) is 0 Å². The Labute approximate surface area is 163 Å². The Morgan fingerprint density at radius 2 is 1.84 bits per heavy atom. The van der Waals surface area contributed by atoms with Crippen molar-refractivity contribution in [3.05, 3.63) is 58.9 Å². The summed E-state index contributed by atoms with van der Waals surface area (Å²) in [7, 11) is 0. The number of hydrogen-bond acceptors (Lipinski definition) is 4. The van der Waals surface area contributed by atoms with Gasteiger partial charge in [-0.05, 0) is 36.4 Å². The normalized spacial score (nSPS) is 10.7. The van der Waals surface area contributed by atoms with Gasteiger partial charge in [0, 0.05) is 27.3 Å². The molecular weight excluding hydrogens is 401 g/mol. The number of halogens is 3. The summed E-state index contributed by atoms with van der Waals surface area (Å²) < 4.78 is 0. The zero-order valence-corrected chi connectivity index (χ0v) is 15.8. The number of nitrogens with one attached hydrogen (secondary N) is 2. The van der Waals surface area contributed by atoms with Crippen molar-refractivity contribution < 1.29 is 4.79 Å². The third-order valence-corrected chi connectivity index (χ3v) is 4.63. The number of anilines is 3. The van der Waals surface area contributed by atoms with Crippen molar-refractivity contribution in [2.75, 3.05) is 10.6 Å². The zero-order valence-electron chi connectivity index (χ0n) is 12.7. The highest BCUT2D eigenvalue weighted by Crippen LogP contribution is 2.29. The van der Waals surface area contributed by atoms with Gasteiger partial charge in [0.15, 0.2) is 9.97 Å². The monoisotopic (exact) mass is 411 g/mol. The Kier molecular flexibility index (Phi) is 5.81. The maximum Gasteiger partial charge on any atom is 0.257 e. The number of aromatic nitrogens is 1. The summed E-state index contributed by atoms with van der Waals surface area (Å²) in [5.41, 5.74) is 3.18. The maximum atomic E-state index is 11.6. The van der Waals surface area contributed by atoms with Gasteiger partial charge in [-0.15, -0.1) is 11.3 Å². The quantitative estimate of drug-likeness (QED) is 0.509. The standard InChI is InChI=1S/C17H12Cl3N3OS/c18-11-4-6-12(7-5-11)22-17-23-14(9-25-17)10-2-1-3-13(8-10)21-16(24)15(19)20/h1-9,15H,(H,21,24)(H,22,23). The van der Waals surface area contributed by atoms with Gasteiger partial charge < -0.3 is 10.6 Å². The SMILES string of the molecule is O=C(Nc1cccc(-c2csc(Nc3ccc(Cl)cc3)n2)c1)C(Cl)Cl. The summed E-state index contributed by atoms with van der Waals surface area (Å²) >= 11 is 18.5. The lowest BCUT2D eigenvalue weighted by Gasteiger charge is -2.06. The molecule has 0 aliphatic carbocycles. The molecule has 2 aromatic carbocycles. The van der Waals surface area contributed by atoms with Gasteiger partial charge in [0.1, 0.15) is 0 Å². The number of amides is 1. The van der Waals surface area contributed by atoms with Gasteiger partial charge in [-0.1, -0.05) is 46.9 Å². The molecule has 0 unspecified atom stereocenters. The average Bonchev–Trinajstić information content (AvgIpc) is 3.06. The van der Waals surface area contributed by atoms with E-state index >= 15 is 0 Å². The minimum atomic E-state index is -1.11. The molecule has 0 aliphatic rings. The summed E-state index contributed by atoms with van der Waals surface area (Å²) in [4.78, 5) is 15.0. The van der Waals surface area contributed by atoms with Crippen LogP contribution in [0.1, 0.15) is 0 Å². The Morgan fingerprint density at radius 3 is 2.56 bits per heavy atom. The number of rotatable bonds is 5. The fourth-order valence-corrected chi connectivity index (χ4v) is 3.05. The molecule has 3 aromatic rings. The van der Waals surface area contributed by atoms with Crippen LogP contribution in [-0.4, -0.2) is 15.7 Å². The molecule has 1 aromatic heterocycles. The van der Waals surface area contributed by atoms with E-state index in [2.05, 4.69) is 15.6 Å². The van der Waals surface area contributed by atoms with Crippen LogP contribution >= 0.6 is 46.1 Å². The number of thiazole rings is 1. The van der Waals surface area contributed by atoms with Crippen molar-refractivity contribution in [1.82, 2.24) is 4.98 Å². The zero-order chi connectivity index (χ0) is 17.8. The van der Waals surface area contributed by atoms with Crippen molar-refractivity contribution >= 4 is 68.6 Å². The van der Waals surface area contributed by atoms with Crippen LogP contribution in [0, 0.1) is 0 Å². The van der Waals surface area contributed by atoms with Gasteiger partial charge in [0.05, 0.1) is 5.69 Å². The molecule has 0 atom stereocenters. The number of carbonyl (C=O) groups excluding carboxylic acids is 1. The molecule has 0 saturated carbocycles. The summed E-state index contributed by atoms with van der Waals surface area (Å²) in [6, 6.07) is 14.7. The van der Waals surface area contributed by atoms with Crippen molar-refractivity contribution in [2.24, 2.45) is 0 Å². The van der Waals surface area contributed by atoms with Gasteiger partial charge in [-0.25, -0.2) is 4.98 Å². The summed E-state index contributed by atoms with van der Waals surface area (Å²) in [6.07, 6.45) is 0. The van der Waals surface area contributed by atoms with Crippen molar-refractivity contribution in [3.8, 4) is 11.3 Å². The molecule has 0 bridgehead atoms. The molecule has 25 heavy (non-hydrogen) atoms. The molecule has 4 nitrogen and oxygen atoms in total. The number of benzene rings is 2. The van der Waals surface area contributed by atoms with E-state index in [1.54, 1.807) is 6.07 Å². The molecule has 0 saturated heterocycles. The topological polar surface area (TPSA) is 54.0 Å². The molecule has 0 spiro atoms. The second-order valence-electron chi connectivity index (χ2n) is 5.04. The van der Waals surface area contributed by atoms with Crippen molar-refractivity contribution in [3.63, 3.8) is 0 Å². The van der Waals surface area contributed by atoms with Crippen LogP contribution in [0.4, 0.5) is 16.5 Å². The van der Waals surface area contributed by atoms with E-state index in [-0.39, 0.29) is 0 Å². The minimum absolute atomic E-state index is 0.469. The molecule has 3 rings (SSSR count). The van der Waals surface area contributed by atoms with E-state index < -0.39 is 10.7 Å².